The van der Waals surface area contributed by atoms with E-state index < -0.39 is 24.4 Å². The summed E-state index contributed by atoms with van der Waals surface area (Å²) < 4.78 is 19.4. The third kappa shape index (κ3) is 6.13. The second-order valence-electron chi connectivity index (χ2n) is 7.90. The van der Waals surface area contributed by atoms with Gasteiger partial charge in [0.05, 0.1) is 4.47 Å². The van der Waals surface area contributed by atoms with Crippen molar-refractivity contribution >= 4 is 45.5 Å². The Morgan fingerprint density at radius 3 is 2.60 bits per heavy atom. The number of imide groups is 1. The van der Waals surface area contributed by atoms with E-state index in [9.17, 15) is 18.8 Å². The standard InChI is InChI=1S/C26H21BrFN3O4/c1-16-3-2-4-20(11-16)29-24(32)14-31-25(33)22(30-26(31)34)13-18-7-10-23(21(27)12-18)35-15-17-5-8-19(28)9-6-17/h2-13H,14-15H2,1H3,(H,29,32)(H,30,34)/b22-13+. The Bertz CT molecular complexity index is 1320. The molecule has 3 aromatic rings. The second-order valence-corrected chi connectivity index (χ2v) is 8.76. The van der Waals surface area contributed by atoms with Crippen molar-refractivity contribution in [2.45, 2.75) is 13.5 Å². The van der Waals surface area contributed by atoms with Gasteiger partial charge in [-0.3, -0.25) is 9.59 Å². The van der Waals surface area contributed by atoms with Gasteiger partial charge >= 0.3 is 6.03 Å². The van der Waals surface area contributed by atoms with Crippen molar-refractivity contribution in [1.29, 1.82) is 0 Å². The van der Waals surface area contributed by atoms with Gasteiger partial charge in [-0.25, -0.2) is 14.1 Å². The molecule has 1 aliphatic rings. The summed E-state index contributed by atoms with van der Waals surface area (Å²) in [7, 11) is 0. The first-order valence-electron chi connectivity index (χ1n) is 10.7. The van der Waals surface area contributed by atoms with Gasteiger partial charge in [0, 0.05) is 5.69 Å². The molecule has 0 aliphatic carbocycles. The molecule has 0 bridgehead atoms. The molecule has 0 atom stereocenters. The van der Waals surface area contributed by atoms with Crippen LogP contribution < -0.4 is 15.4 Å². The van der Waals surface area contributed by atoms with Crippen molar-refractivity contribution in [2.24, 2.45) is 0 Å². The fraction of sp³-hybridized carbons (Fsp3) is 0.115. The van der Waals surface area contributed by atoms with Crippen LogP contribution in [0.25, 0.3) is 6.08 Å². The molecule has 7 nitrogen and oxygen atoms in total. The molecule has 1 fully saturated rings. The molecule has 2 N–H and O–H groups in total. The minimum Gasteiger partial charge on any atom is -0.488 e. The topological polar surface area (TPSA) is 87.7 Å². The van der Waals surface area contributed by atoms with Crippen LogP contribution >= 0.6 is 15.9 Å². The van der Waals surface area contributed by atoms with Crippen LogP contribution in [0.15, 0.2) is 76.9 Å². The number of ether oxygens (including phenoxy) is 1. The molecule has 178 valence electrons. The summed E-state index contributed by atoms with van der Waals surface area (Å²) in [5.41, 5.74) is 3.08. The van der Waals surface area contributed by atoms with Crippen molar-refractivity contribution in [3.63, 3.8) is 0 Å². The fourth-order valence-electron chi connectivity index (χ4n) is 3.41. The normalized spacial score (nSPS) is 14.3. The number of amides is 4. The first-order valence-corrected chi connectivity index (χ1v) is 11.5. The minimum atomic E-state index is -0.668. The van der Waals surface area contributed by atoms with E-state index in [4.69, 9.17) is 4.74 Å². The summed E-state index contributed by atoms with van der Waals surface area (Å²) >= 11 is 3.44. The first-order chi connectivity index (χ1) is 16.8. The molecule has 0 unspecified atom stereocenters. The number of rotatable bonds is 7. The maximum Gasteiger partial charge on any atom is 0.329 e. The monoisotopic (exact) mass is 537 g/mol. The zero-order valence-electron chi connectivity index (χ0n) is 18.7. The lowest BCUT2D eigenvalue weighted by Gasteiger charge is -2.12. The first kappa shape index (κ1) is 24.2. The van der Waals surface area contributed by atoms with E-state index >= 15 is 0 Å². The third-order valence-electron chi connectivity index (χ3n) is 5.14. The maximum absolute atomic E-state index is 13.0. The Balaban J connectivity index is 1.39. The van der Waals surface area contributed by atoms with E-state index in [0.29, 0.717) is 21.5 Å². The van der Waals surface area contributed by atoms with E-state index in [-0.39, 0.29) is 18.1 Å². The Morgan fingerprint density at radius 2 is 1.89 bits per heavy atom. The quantitative estimate of drug-likeness (QED) is 0.327. The van der Waals surface area contributed by atoms with Gasteiger partial charge in [0.2, 0.25) is 5.91 Å². The summed E-state index contributed by atoms with van der Waals surface area (Å²) in [6.45, 7) is 1.75. The number of nitrogens with zero attached hydrogens (tertiary/aromatic N) is 1. The lowest BCUT2D eigenvalue weighted by atomic mass is 10.2. The molecular formula is C26H21BrFN3O4. The van der Waals surface area contributed by atoms with Crippen LogP contribution in [-0.4, -0.2) is 29.3 Å². The highest BCUT2D eigenvalue weighted by molar-refractivity contribution is 9.10. The molecule has 1 saturated heterocycles. The van der Waals surface area contributed by atoms with Crippen LogP contribution in [0.3, 0.4) is 0 Å². The van der Waals surface area contributed by atoms with E-state index in [1.54, 1.807) is 48.5 Å². The van der Waals surface area contributed by atoms with Crippen LogP contribution in [0.1, 0.15) is 16.7 Å². The van der Waals surface area contributed by atoms with Gasteiger partial charge in [-0.05, 0) is 82.0 Å². The Hall–Kier alpha value is -3.98. The summed E-state index contributed by atoms with van der Waals surface area (Å²) in [4.78, 5) is 38.2. The smallest absolute Gasteiger partial charge is 0.329 e. The van der Waals surface area contributed by atoms with Gasteiger partial charge < -0.3 is 15.4 Å². The molecule has 0 aromatic heterocycles. The lowest BCUT2D eigenvalue weighted by molar-refractivity contribution is -0.127. The molecule has 9 heteroatoms. The van der Waals surface area contributed by atoms with Gasteiger partial charge in [0.1, 0.15) is 30.4 Å². The van der Waals surface area contributed by atoms with Gasteiger partial charge in [-0.2, -0.15) is 0 Å². The van der Waals surface area contributed by atoms with Crippen LogP contribution in [0.5, 0.6) is 5.75 Å². The second kappa shape index (κ2) is 10.5. The third-order valence-corrected chi connectivity index (χ3v) is 5.76. The lowest BCUT2D eigenvalue weighted by Crippen LogP contribution is -2.38. The van der Waals surface area contributed by atoms with Crippen LogP contribution in [0, 0.1) is 12.7 Å². The zero-order valence-corrected chi connectivity index (χ0v) is 20.3. The largest absolute Gasteiger partial charge is 0.488 e. The van der Waals surface area contributed by atoms with Crippen molar-refractivity contribution in [1.82, 2.24) is 10.2 Å². The number of hydrogen-bond acceptors (Lipinski definition) is 4. The predicted molar refractivity (Wildman–Crippen MR) is 133 cm³/mol. The van der Waals surface area contributed by atoms with Gasteiger partial charge in [0.15, 0.2) is 0 Å². The highest BCUT2D eigenvalue weighted by Crippen LogP contribution is 2.28. The number of aryl methyl sites for hydroxylation is 1. The highest BCUT2D eigenvalue weighted by atomic mass is 79.9. The Kier molecular flexibility index (Phi) is 7.26. The number of halogens is 2. The Morgan fingerprint density at radius 1 is 1.11 bits per heavy atom. The van der Waals surface area contributed by atoms with Gasteiger partial charge in [-0.15, -0.1) is 0 Å². The van der Waals surface area contributed by atoms with Crippen LogP contribution in [0.2, 0.25) is 0 Å². The number of anilines is 1. The zero-order chi connectivity index (χ0) is 24.9. The van der Waals surface area contributed by atoms with Gasteiger partial charge in [0.25, 0.3) is 5.91 Å². The number of carbonyl (C=O) groups is 3. The van der Waals surface area contributed by atoms with E-state index in [2.05, 4.69) is 26.6 Å². The van der Waals surface area contributed by atoms with Crippen molar-refractivity contribution in [3.05, 3.63) is 99.4 Å². The number of urea groups is 1. The van der Waals surface area contributed by atoms with E-state index in [0.717, 1.165) is 16.0 Å². The molecule has 0 radical (unpaired) electrons. The molecule has 4 amide bonds. The number of nitrogens with one attached hydrogen (secondary N) is 2. The molecule has 1 heterocycles. The van der Waals surface area contributed by atoms with Crippen molar-refractivity contribution in [3.8, 4) is 5.75 Å². The average Bonchev–Trinajstić information content (AvgIpc) is 3.07. The Labute approximate surface area is 209 Å². The molecule has 1 aliphatic heterocycles. The van der Waals surface area contributed by atoms with E-state index in [1.165, 1.54) is 18.2 Å². The average molecular weight is 538 g/mol. The summed E-state index contributed by atoms with van der Waals surface area (Å²) in [6.07, 6.45) is 1.52. The highest BCUT2D eigenvalue weighted by Gasteiger charge is 2.34. The van der Waals surface area contributed by atoms with Crippen LogP contribution in [-0.2, 0) is 16.2 Å². The molecule has 0 saturated carbocycles. The molecular weight excluding hydrogens is 517 g/mol. The molecule has 35 heavy (non-hydrogen) atoms. The number of carbonyl (C=O) groups excluding carboxylic acids is 3. The fourth-order valence-corrected chi connectivity index (χ4v) is 3.93. The van der Waals surface area contributed by atoms with Crippen molar-refractivity contribution < 1.29 is 23.5 Å². The molecule has 0 spiro atoms. The summed E-state index contributed by atoms with van der Waals surface area (Å²) in [5.74, 6) is -0.827. The number of hydrogen-bond donors (Lipinski definition) is 2. The SMILES string of the molecule is Cc1cccc(NC(=O)CN2C(=O)N/C(=C/c3ccc(OCc4ccc(F)cc4)c(Br)c3)C2=O)c1. The molecule has 4 rings (SSSR count). The van der Waals surface area contributed by atoms with E-state index in [1.807, 2.05) is 13.0 Å². The van der Waals surface area contributed by atoms with Gasteiger partial charge in [-0.1, -0.05) is 30.3 Å². The summed E-state index contributed by atoms with van der Waals surface area (Å²) in [5, 5.41) is 5.19. The predicted octanol–water partition coefficient (Wildman–Crippen LogP) is 5.01. The van der Waals surface area contributed by atoms with Crippen molar-refractivity contribution in [2.75, 3.05) is 11.9 Å². The maximum atomic E-state index is 13.0. The number of benzene rings is 3. The summed E-state index contributed by atoms with van der Waals surface area (Å²) in [6, 6.07) is 17.7. The van der Waals surface area contributed by atoms with Crippen LogP contribution in [0.4, 0.5) is 14.9 Å². The molecule has 3 aromatic carbocycles. The minimum absolute atomic E-state index is 0.0604.